The molecule has 0 unspecified atom stereocenters. The number of hydrogen-bond donors (Lipinski definition) is 2. The molecule has 1 aromatic heterocycles. The molecule has 1 heterocycles. The van der Waals surface area contributed by atoms with Crippen molar-refractivity contribution in [3.8, 4) is 11.4 Å². The Kier molecular flexibility index (Phi) is 8.55. The maximum atomic E-state index is 13.1. The van der Waals surface area contributed by atoms with Crippen LogP contribution < -0.4 is 15.4 Å². The van der Waals surface area contributed by atoms with Crippen molar-refractivity contribution in [2.45, 2.75) is 24.8 Å². The minimum absolute atomic E-state index is 0.0229. The number of methoxy groups -OCH3 is 1. The first-order valence-electron chi connectivity index (χ1n) is 11.7. The first-order chi connectivity index (χ1) is 18.6. The topological polar surface area (TPSA) is 98.1 Å². The van der Waals surface area contributed by atoms with Gasteiger partial charge < -0.3 is 15.4 Å². The molecular formula is C27H24F3N5O3S. The Morgan fingerprint density at radius 1 is 1.00 bits per heavy atom. The van der Waals surface area contributed by atoms with E-state index in [1.54, 1.807) is 30.3 Å². The van der Waals surface area contributed by atoms with E-state index in [1.165, 1.54) is 23.8 Å². The van der Waals surface area contributed by atoms with Crippen molar-refractivity contribution in [1.29, 1.82) is 0 Å². The van der Waals surface area contributed by atoms with Crippen molar-refractivity contribution >= 4 is 29.3 Å². The molecule has 0 bridgehead atoms. The maximum absolute atomic E-state index is 13.1. The summed E-state index contributed by atoms with van der Waals surface area (Å²) in [5.41, 5.74) is 1.57. The van der Waals surface area contributed by atoms with Gasteiger partial charge in [0.05, 0.1) is 25.0 Å². The number of aromatic nitrogens is 3. The number of halogens is 3. The van der Waals surface area contributed by atoms with Crippen LogP contribution in [0.5, 0.6) is 5.75 Å². The standard InChI is InChI=1S/C27H24F3N5O3S/c1-17-4-3-5-20(14-17)32-24(36)16-39-26-34-33-23(15-31-25(37)18-6-12-22(38-2)13-7-18)35(26)21-10-8-19(9-11-21)27(28,29)30/h3-14H,15-16H2,1-2H3,(H,31,37)(H,32,36). The van der Waals surface area contributed by atoms with Crippen molar-refractivity contribution in [2.75, 3.05) is 18.2 Å². The fourth-order valence-corrected chi connectivity index (χ4v) is 4.39. The van der Waals surface area contributed by atoms with Crippen LogP contribution in [0.2, 0.25) is 0 Å². The van der Waals surface area contributed by atoms with E-state index >= 15 is 0 Å². The summed E-state index contributed by atoms with van der Waals surface area (Å²) in [6, 6.07) is 18.3. The molecule has 0 aliphatic carbocycles. The molecule has 39 heavy (non-hydrogen) atoms. The summed E-state index contributed by atoms with van der Waals surface area (Å²) in [6.07, 6.45) is -4.49. The fourth-order valence-electron chi connectivity index (χ4n) is 3.62. The Bertz CT molecular complexity index is 1460. The molecule has 4 rings (SSSR count). The molecule has 0 saturated carbocycles. The SMILES string of the molecule is COc1ccc(C(=O)NCc2nnc(SCC(=O)Nc3cccc(C)c3)n2-c2ccc(C(F)(F)F)cc2)cc1. The van der Waals surface area contributed by atoms with Crippen LogP contribution in [0, 0.1) is 6.92 Å². The van der Waals surface area contributed by atoms with Gasteiger partial charge in [-0.05, 0) is 73.2 Å². The first-order valence-corrected chi connectivity index (χ1v) is 12.7. The number of anilines is 1. The second-order valence-corrected chi connectivity index (χ2v) is 9.34. The van der Waals surface area contributed by atoms with E-state index in [0.29, 0.717) is 22.7 Å². The van der Waals surface area contributed by atoms with Crippen molar-refractivity contribution < 1.29 is 27.5 Å². The van der Waals surface area contributed by atoms with Gasteiger partial charge in [0, 0.05) is 16.9 Å². The zero-order valence-electron chi connectivity index (χ0n) is 21.0. The quantitative estimate of drug-likeness (QED) is 0.273. The highest BCUT2D eigenvalue weighted by atomic mass is 32.2. The summed E-state index contributed by atoms with van der Waals surface area (Å²) in [5, 5.41) is 14.1. The predicted molar refractivity (Wildman–Crippen MR) is 141 cm³/mol. The minimum atomic E-state index is -4.49. The van der Waals surface area contributed by atoms with Crippen LogP contribution >= 0.6 is 11.8 Å². The lowest BCUT2D eigenvalue weighted by Gasteiger charge is -2.13. The number of alkyl halides is 3. The maximum Gasteiger partial charge on any atom is 0.416 e. The van der Waals surface area contributed by atoms with Gasteiger partial charge >= 0.3 is 6.18 Å². The van der Waals surface area contributed by atoms with Gasteiger partial charge in [-0.25, -0.2) is 0 Å². The second kappa shape index (κ2) is 12.0. The van der Waals surface area contributed by atoms with E-state index in [1.807, 2.05) is 25.1 Å². The summed E-state index contributed by atoms with van der Waals surface area (Å²) in [4.78, 5) is 25.2. The van der Waals surface area contributed by atoms with Gasteiger partial charge in [-0.1, -0.05) is 23.9 Å². The number of carbonyl (C=O) groups is 2. The van der Waals surface area contributed by atoms with E-state index < -0.39 is 11.7 Å². The molecule has 4 aromatic rings. The highest BCUT2D eigenvalue weighted by Crippen LogP contribution is 2.31. The van der Waals surface area contributed by atoms with Crippen LogP contribution in [0.3, 0.4) is 0 Å². The van der Waals surface area contributed by atoms with Crippen LogP contribution in [0.4, 0.5) is 18.9 Å². The molecule has 0 fully saturated rings. The number of hydrogen-bond acceptors (Lipinski definition) is 6. The molecule has 0 saturated heterocycles. The lowest BCUT2D eigenvalue weighted by atomic mass is 10.2. The van der Waals surface area contributed by atoms with Gasteiger partial charge in [0.2, 0.25) is 5.91 Å². The number of rotatable bonds is 9. The van der Waals surface area contributed by atoms with E-state index in [0.717, 1.165) is 29.5 Å². The largest absolute Gasteiger partial charge is 0.497 e. The normalized spacial score (nSPS) is 11.2. The third-order valence-electron chi connectivity index (χ3n) is 5.55. The number of aryl methyl sites for hydroxylation is 1. The molecule has 202 valence electrons. The van der Waals surface area contributed by atoms with Gasteiger partial charge in [-0.3, -0.25) is 14.2 Å². The number of carbonyl (C=O) groups excluding carboxylic acids is 2. The summed E-state index contributed by atoms with van der Waals surface area (Å²) in [6.45, 7) is 1.85. The Morgan fingerprint density at radius 2 is 1.72 bits per heavy atom. The molecule has 2 N–H and O–H groups in total. The fraction of sp³-hybridized carbons (Fsp3) is 0.185. The first kappa shape index (κ1) is 27.7. The third-order valence-corrected chi connectivity index (χ3v) is 6.48. The van der Waals surface area contributed by atoms with Crippen LogP contribution in [-0.4, -0.2) is 39.4 Å². The van der Waals surface area contributed by atoms with Crippen LogP contribution in [0.25, 0.3) is 5.69 Å². The Balaban J connectivity index is 1.53. The Labute approximate surface area is 226 Å². The molecule has 0 radical (unpaired) electrons. The van der Waals surface area contributed by atoms with Crippen LogP contribution in [0.1, 0.15) is 27.3 Å². The van der Waals surface area contributed by atoms with Crippen molar-refractivity contribution in [3.63, 3.8) is 0 Å². The van der Waals surface area contributed by atoms with Gasteiger partial charge in [0.25, 0.3) is 5.91 Å². The van der Waals surface area contributed by atoms with E-state index in [-0.39, 0.29) is 35.1 Å². The van der Waals surface area contributed by atoms with Crippen molar-refractivity contribution in [3.05, 3.63) is 95.3 Å². The van der Waals surface area contributed by atoms with Gasteiger partial charge in [0.1, 0.15) is 5.75 Å². The number of nitrogens with one attached hydrogen (secondary N) is 2. The highest BCUT2D eigenvalue weighted by molar-refractivity contribution is 7.99. The molecule has 8 nitrogen and oxygen atoms in total. The van der Waals surface area contributed by atoms with E-state index in [4.69, 9.17) is 4.74 Å². The average molecular weight is 556 g/mol. The molecule has 0 aliphatic heterocycles. The van der Waals surface area contributed by atoms with Crippen LogP contribution in [0.15, 0.2) is 78.0 Å². The zero-order valence-corrected chi connectivity index (χ0v) is 21.8. The van der Waals surface area contributed by atoms with Crippen LogP contribution in [-0.2, 0) is 17.5 Å². The predicted octanol–water partition coefficient (Wildman–Crippen LogP) is 5.26. The Morgan fingerprint density at radius 3 is 2.36 bits per heavy atom. The van der Waals surface area contributed by atoms with Gasteiger partial charge in [-0.15, -0.1) is 10.2 Å². The molecule has 0 aliphatic rings. The summed E-state index contributed by atoms with van der Waals surface area (Å²) in [7, 11) is 1.52. The number of ether oxygens (including phenoxy) is 1. The molecule has 0 spiro atoms. The lowest BCUT2D eigenvalue weighted by Crippen LogP contribution is -2.24. The third kappa shape index (κ3) is 7.17. The van der Waals surface area contributed by atoms with E-state index in [2.05, 4.69) is 20.8 Å². The van der Waals surface area contributed by atoms with E-state index in [9.17, 15) is 22.8 Å². The smallest absolute Gasteiger partial charge is 0.416 e. The average Bonchev–Trinajstić information content (AvgIpc) is 3.33. The number of thioether (sulfide) groups is 1. The summed E-state index contributed by atoms with van der Waals surface area (Å²) < 4.78 is 46.0. The molecule has 12 heteroatoms. The molecule has 2 amide bonds. The number of amides is 2. The van der Waals surface area contributed by atoms with Gasteiger partial charge in [0.15, 0.2) is 11.0 Å². The minimum Gasteiger partial charge on any atom is -0.497 e. The monoisotopic (exact) mass is 555 g/mol. The van der Waals surface area contributed by atoms with Gasteiger partial charge in [-0.2, -0.15) is 13.2 Å². The Hall–Kier alpha value is -4.32. The zero-order chi connectivity index (χ0) is 28.0. The molecular weight excluding hydrogens is 531 g/mol. The van der Waals surface area contributed by atoms with Crippen molar-refractivity contribution in [2.24, 2.45) is 0 Å². The summed E-state index contributed by atoms with van der Waals surface area (Å²) >= 11 is 1.07. The highest BCUT2D eigenvalue weighted by Gasteiger charge is 2.30. The lowest BCUT2D eigenvalue weighted by molar-refractivity contribution is -0.137. The summed E-state index contributed by atoms with van der Waals surface area (Å²) in [5.74, 6) is 0.179. The number of nitrogens with zero attached hydrogens (tertiary/aromatic N) is 3. The molecule has 3 aromatic carbocycles. The van der Waals surface area contributed by atoms with Crippen molar-refractivity contribution in [1.82, 2.24) is 20.1 Å². The second-order valence-electron chi connectivity index (χ2n) is 8.40. The molecule has 0 atom stereocenters. The number of benzene rings is 3.